The molecular formula is C23H28N8O2. The molecule has 1 fully saturated rings. The monoisotopic (exact) mass is 448 g/mol. The summed E-state index contributed by atoms with van der Waals surface area (Å²) in [5, 5.41) is 9.81. The molecule has 0 bridgehead atoms. The maximum atomic E-state index is 12.8. The number of aryl methyl sites for hydroxylation is 1. The molecule has 172 valence electrons. The lowest BCUT2D eigenvalue weighted by Gasteiger charge is -2.32. The van der Waals surface area contributed by atoms with Crippen molar-refractivity contribution < 1.29 is 9.53 Å². The molecule has 0 radical (unpaired) electrons. The highest BCUT2D eigenvalue weighted by atomic mass is 16.5. The highest BCUT2D eigenvalue weighted by Crippen LogP contribution is 2.33. The van der Waals surface area contributed by atoms with Gasteiger partial charge in [0.05, 0.1) is 24.5 Å². The summed E-state index contributed by atoms with van der Waals surface area (Å²) in [6, 6.07) is 1.94. The third-order valence-corrected chi connectivity index (χ3v) is 6.65. The Labute approximate surface area is 192 Å². The number of carbonyl (C=O) groups is 1. The summed E-state index contributed by atoms with van der Waals surface area (Å²) < 4.78 is 5.49. The average molecular weight is 449 g/mol. The number of hydrogen-bond donors (Lipinski definition) is 2. The summed E-state index contributed by atoms with van der Waals surface area (Å²) in [5.41, 5.74) is 3.25. The molecule has 5 rings (SSSR count). The lowest BCUT2D eigenvalue weighted by molar-refractivity contribution is -0.117. The largest absolute Gasteiger partial charge is 0.381 e. The van der Waals surface area contributed by atoms with Gasteiger partial charge >= 0.3 is 0 Å². The van der Waals surface area contributed by atoms with E-state index in [2.05, 4.69) is 30.5 Å². The van der Waals surface area contributed by atoms with Gasteiger partial charge in [-0.05, 0) is 56.6 Å². The number of methoxy groups -OCH3 is 1. The maximum Gasteiger partial charge on any atom is 0.247 e. The second-order valence-corrected chi connectivity index (χ2v) is 8.71. The number of H-pyrrole nitrogens is 1. The minimum Gasteiger partial charge on any atom is -0.381 e. The Morgan fingerprint density at radius 1 is 1.12 bits per heavy atom. The minimum atomic E-state index is 0.0232. The van der Waals surface area contributed by atoms with Gasteiger partial charge < -0.3 is 10.1 Å². The molecule has 0 saturated heterocycles. The van der Waals surface area contributed by atoms with Gasteiger partial charge in [0.15, 0.2) is 17.5 Å². The minimum absolute atomic E-state index is 0.0232. The fourth-order valence-electron chi connectivity index (χ4n) is 4.68. The van der Waals surface area contributed by atoms with Crippen molar-refractivity contribution in [3.63, 3.8) is 0 Å². The van der Waals surface area contributed by atoms with Crippen LogP contribution in [-0.4, -0.2) is 62.3 Å². The Kier molecular flexibility index (Phi) is 5.99. The SMILES string of the molecule is COC1CCC(CCN2C(=O)CNc3ncc(-c4cnc(-c5ncn[nH]5)cc4C)nc32)CC1. The van der Waals surface area contributed by atoms with Gasteiger partial charge in [-0.2, -0.15) is 5.10 Å². The van der Waals surface area contributed by atoms with Crippen LogP contribution in [0.5, 0.6) is 0 Å². The topological polar surface area (TPSA) is 122 Å². The van der Waals surface area contributed by atoms with Gasteiger partial charge in [-0.3, -0.25) is 19.8 Å². The van der Waals surface area contributed by atoms with E-state index in [4.69, 9.17) is 9.72 Å². The van der Waals surface area contributed by atoms with Crippen molar-refractivity contribution >= 4 is 17.5 Å². The quantitative estimate of drug-likeness (QED) is 0.590. The van der Waals surface area contributed by atoms with E-state index >= 15 is 0 Å². The van der Waals surface area contributed by atoms with E-state index in [1.165, 1.54) is 6.33 Å². The van der Waals surface area contributed by atoms with Gasteiger partial charge in [-0.25, -0.2) is 15.0 Å². The number of hydrogen-bond acceptors (Lipinski definition) is 8. The highest BCUT2D eigenvalue weighted by Gasteiger charge is 2.29. The molecule has 0 atom stereocenters. The number of pyridine rings is 1. The van der Waals surface area contributed by atoms with Gasteiger partial charge in [0.2, 0.25) is 5.91 Å². The number of anilines is 2. The standard InChI is InChI=1S/C23H28N8O2/c1-14-9-18(21-27-13-28-30-21)24-10-17(14)19-11-25-22-23(29-19)31(20(32)12-26-22)8-7-15-3-5-16(33-2)6-4-15/h9-11,13,15-16H,3-8,12H2,1-2H3,(H,25,26)(H,27,28,30). The molecule has 1 aliphatic heterocycles. The Morgan fingerprint density at radius 3 is 2.70 bits per heavy atom. The van der Waals surface area contributed by atoms with Crippen LogP contribution in [0.2, 0.25) is 0 Å². The highest BCUT2D eigenvalue weighted by molar-refractivity contribution is 6.00. The van der Waals surface area contributed by atoms with E-state index < -0.39 is 0 Å². The van der Waals surface area contributed by atoms with E-state index in [1.54, 1.807) is 24.4 Å². The average Bonchev–Trinajstić information content (AvgIpc) is 3.38. The Balaban J connectivity index is 1.36. The zero-order valence-corrected chi connectivity index (χ0v) is 18.9. The van der Waals surface area contributed by atoms with E-state index in [1.807, 2.05) is 13.0 Å². The summed E-state index contributed by atoms with van der Waals surface area (Å²) in [6.07, 6.45) is 10.7. The van der Waals surface area contributed by atoms with Gasteiger partial charge in [0, 0.05) is 25.4 Å². The Bertz CT molecular complexity index is 1130. The van der Waals surface area contributed by atoms with Crippen LogP contribution in [0.15, 0.2) is 24.8 Å². The van der Waals surface area contributed by atoms with Crippen LogP contribution in [0.1, 0.15) is 37.7 Å². The molecule has 33 heavy (non-hydrogen) atoms. The summed E-state index contributed by atoms with van der Waals surface area (Å²) in [7, 11) is 1.79. The van der Waals surface area contributed by atoms with Gasteiger partial charge in [0.25, 0.3) is 0 Å². The first kappa shape index (κ1) is 21.4. The number of fused-ring (bicyclic) bond motifs is 1. The summed E-state index contributed by atoms with van der Waals surface area (Å²) in [6.45, 7) is 2.88. The van der Waals surface area contributed by atoms with E-state index in [9.17, 15) is 4.79 Å². The van der Waals surface area contributed by atoms with Crippen molar-refractivity contribution in [2.75, 3.05) is 30.4 Å². The van der Waals surface area contributed by atoms with Crippen molar-refractivity contribution in [3.05, 3.63) is 30.4 Å². The Morgan fingerprint density at radius 2 is 1.97 bits per heavy atom. The molecule has 3 aromatic heterocycles. The normalized spacial score (nSPS) is 20.4. The van der Waals surface area contributed by atoms with Crippen molar-refractivity contribution in [2.45, 2.75) is 45.1 Å². The molecule has 1 aliphatic carbocycles. The van der Waals surface area contributed by atoms with Crippen LogP contribution in [0.3, 0.4) is 0 Å². The molecule has 3 aromatic rings. The predicted octanol–water partition coefficient (Wildman–Crippen LogP) is 2.99. The smallest absolute Gasteiger partial charge is 0.247 e. The summed E-state index contributed by atoms with van der Waals surface area (Å²) >= 11 is 0. The zero-order chi connectivity index (χ0) is 22.8. The second-order valence-electron chi connectivity index (χ2n) is 8.71. The Hall–Kier alpha value is -3.40. The summed E-state index contributed by atoms with van der Waals surface area (Å²) in [5.74, 6) is 2.48. The molecule has 0 aromatic carbocycles. The van der Waals surface area contributed by atoms with Crippen LogP contribution >= 0.6 is 0 Å². The molecule has 2 aliphatic rings. The number of nitrogens with one attached hydrogen (secondary N) is 2. The number of amides is 1. The third-order valence-electron chi connectivity index (χ3n) is 6.65. The predicted molar refractivity (Wildman–Crippen MR) is 124 cm³/mol. The van der Waals surface area contributed by atoms with Crippen LogP contribution in [0.4, 0.5) is 11.6 Å². The fraction of sp³-hybridized carbons (Fsp3) is 0.478. The molecule has 0 unspecified atom stereocenters. The van der Waals surface area contributed by atoms with Crippen LogP contribution in [0, 0.1) is 12.8 Å². The van der Waals surface area contributed by atoms with Crippen molar-refractivity contribution in [3.8, 4) is 22.8 Å². The lowest BCUT2D eigenvalue weighted by atomic mass is 9.85. The van der Waals surface area contributed by atoms with Gasteiger partial charge in [0.1, 0.15) is 12.0 Å². The van der Waals surface area contributed by atoms with Crippen molar-refractivity contribution in [1.29, 1.82) is 0 Å². The van der Waals surface area contributed by atoms with Crippen LogP contribution < -0.4 is 10.2 Å². The van der Waals surface area contributed by atoms with Crippen molar-refractivity contribution in [1.82, 2.24) is 30.1 Å². The first-order chi connectivity index (χ1) is 16.1. The molecule has 1 saturated carbocycles. The lowest BCUT2D eigenvalue weighted by Crippen LogP contribution is -2.42. The number of ether oxygens (including phenoxy) is 1. The number of aromatic nitrogens is 6. The fourth-order valence-corrected chi connectivity index (χ4v) is 4.68. The molecule has 0 spiro atoms. The third kappa shape index (κ3) is 4.43. The number of rotatable bonds is 6. The zero-order valence-electron chi connectivity index (χ0n) is 18.9. The van der Waals surface area contributed by atoms with E-state index in [-0.39, 0.29) is 12.5 Å². The van der Waals surface area contributed by atoms with Gasteiger partial charge in [-0.1, -0.05) is 0 Å². The van der Waals surface area contributed by atoms with Crippen molar-refractivity contribution in [2.24, 2.45) is 5.92 Å². The van der Waals surface area contributed by atoms with Gasteiger partial charge in [-0.15, -0.1) is 0 Å². The molecule has 2 N–H and O–H groups in total. The molecule has 10 heteroatoms. The van der Waals surface area contributed by atoms with E-state index in [0.717, 1.165) is 43.2 Å². The maximum absolute atomic E-state index is 12.8. The van der Waals surface area contributed by atoms with Crippen LogP contribution in [0.25, 0.3) is 22.8 Å². The number of aromatic amines is 1. The number of carbonyl (C=O) groups excluding carboxylic acids is 1. The molecule has 10 nitrogen and oxygen atoms in total. The van der Waals surface area contributed by atoms with Crippen LogP contribution in [-0.2, 0) is 9.53 Å². The summed E-state index contributed by atoms with van der Waals surface area (Å²) in [4.78, 5) is 32.6. The first-order valence-corrected chi connectivity index (χ1v) is 11.4. The number of nitrogens with zero attached hydrogens (tertiary/aromatic N) is 6. The second kappa shape index (κ2) is 9.22. The first-order valence-electron chi connectivity index (χ1n) is 11.4. The van der Waals surface area contributed by atoms with E-state index in [0.29, 0.717) is 47.4 Å². The molecule has 1 amide bonds. The molecule has 4 heterocycles. The molecular weight excluding hydrogens is 420 g/mol.